The maximum absolute atomic E-state index is 4.23. The summed E-state index contributed by atoms with van der Waals surface area (Å²) in [5, 5.41) is 7.93. The van der Waals surface area contributed by atoms with Gasteiger partial charge in [-0.05, 0) is 11.5 Å². The highest BCUT2D eigenvalue weighted by Crippen LogP contribution is 2.27. The van der Waals surface area contributed by atoms with Gasteiger partial charge in [-0.15, -0.1) is 0 Å². The molecule has 1 heterocycles. The van der Waals surface area contributed by atoms with Gasteiger partial charge in [0.2, 0.25) is 0 Å². The average Bonchev–Trinajstić information content (AvgIpc) is 3.00. The van der Waals surface area contributed by atoms with Crippen molar-refractivity contribution in [3.63, 3.8) is 0 Å². The molecule has 0 fully saturated rings. The van der Waals surface area contributed by atoms with Gasteiger partial charge in [-0.2, -0.15) is 5.10 Å². The Morgan fingerprint density at radius 3 is 2.52 bits per heavy atom. The van der Waals surface area contributed by atoms with Crippen molar-refractivity contribution in [3.05, 3.63) is 60.4 Å². The number of hydrogen-bond acceptors (Lipinski definition) is 2. The minimum absolute atomic E-state index is 0.383. The van der Waals surface area contributed by atoms with Crippen LogP contribution >= 0.6 is 0 Å². The quantitative estimate of drug-likeness (QED) is 0.785. The molecule has 3 nitrogen and oxygen atoms in total. The Bertz CT molecular complexity index is 541. The zero-order chi connectivity index (χ0) is 15.1. The number of hydrogen-bond donors (Lipinski definition) is 1. The first kappa shape index (κ1) is 15.5. The highest BCUT2D eigenvalue weighted by Gasteiger charge is 2.19. The van der Waals surface area contributed by atoms with E-state index in [0.717, 1.165) is 6.54 Å². The van der Waals surface area contributed by atoms with Gasteiger partial charge in [0.1, 0.15) is 0 Å². The minimum atomic E-state index is 0.383. The van der Waals surface area contributed by atoms with Crippen LogP contribution in [0.25, 0.3) is 6.20 Å². The first-order valence-corrected chi connectivity index (χ1v) is 7.72. The van der Waals surface area contributed by atoms with E-state index in [1.165, 1.54) is 24.0 Å². The normalized spacial score (nSPS) is 12.5. The molecule has 0 spiro atoms. The molecule has 0 radical (unpaired) electrons. The lowest BCUT2D eigenvalue weighted by Gasteiger charge is -2.27. The van der Waals surface area contributed by atoms with E-state index in [1.54, 1.807) is 10.9 Å². The predicted octanol–water partition coefficient (Wildman–Crippen LogP) is 4.25. The lowest BCUT2D eigenvalue weighted by atomic mass is 9.88. The Kier molecular flexibility index (Phi) is 5.76. The third-order valence-electron chi connectivity index (χ3n) is 4.05. The second kappa shape index (κ2) is 7.79. The maximum Gasteiger partial charge on any atom is 0.0538 e. The van der Waals surface area contributed by atoms with Crippen LogP contribution in [0, 0.1) is 5.92 Å². The van der Waals surface area contributed by atoms with Crippen LogP contribution in [0.2, 0.25) is 0 Å². The molecule has 0 aliphatic heterocycles. The summed E-state index contributed by atoms with van der Waals surface area (Å²) in [5.74, 6) is 0.641. The van der Waals surface area contributed by atoms with E-state index in [-0.39, 0.29) is 0 Å². The Morgan fingerprint density at radius 1 is 1.24 bits per heavy atom. The molecular formula is C18H25N3. The lowest BCUT2D eigenvalue weighted by molar-refractivity contribution is 0.339. The molecule has 0 aliphatic carbocycles. The smallest absolute Gasteiger partial charge is 0.0538 e. The molecule has 1 N–H and O–H groups in total. The molecule has 2 aromatic rings. The number of nitrogens with one attached hydrogen (secondary N) is 1. The van der Waals surface area contributed by atoms with Gasteiger partial charge < -0.3 is 5.32 Å². The summed E-state index contributed by atoms with van der Waals surface area (Å²) >= 11 is 0. The largest absolute Gasteiger partial charge is 0.305 e. The molecule has 1 aromatic carbocycles. The summed E-state index contributed by atoms with van der Waals surface area (Å²) in [6.07, 6.45) is 7.96. The van der Waals surface area contributed by atoms with Crippen LogP contribution in [0.4, 0.5) is 0 Å². The standard InChI is InChI=1S/C18H25N3/c1-4-16(5-2)18(17-10-8-7-9-11-17)19-12-15-13-20-21(6-3)14-15/h6-11,13-14,16,18-19H,3-5,12H2,1-2H3. The van der Waals surface area contributed by atoms with Gasteiger partial charge in [0.15, 0.2) is 0 Å². The van der Waals surface area contributed by atoms with Crippen LogP contribution < -0.4 is 5.32 Å². The van der Waals surface area contributed by atoms with Crippen molar-refractivity contribution in [2.24, 2.45) is 5.92 Å². The van der Waals surface area contributed by atoms with E-state index in [4.69, 9.17) is 0 Å². The fraction of sp³-hybridized carbons (Fsp3) is 0.389. The minimum Gasteiger partial charge on any atom is -0.305 e. The monoisotopic (exact) mass is 283 g/mol. The third kappa shape index (κ3) is 4.05. The predicted molar refractivity (Wildman–Crippen MR) is 88.7 cm³/mol. The number of aromatic nitrogens is 2. The molecule has 3 heteroatoms. The third-order valence-corrected chi connectivity index (χ3v) is 4.05. The van der Waals surface area contributed by atoms with Gasteiger partial charge in [-0.1, -0.05) is 63.6 Å². The highest BCUT2D eigenvalue weighted by atomic mass is 15.2. The Labute approximate surface area is 127 Å². The molecule has 1 atom stereocenters. The van der Waals surface area contributed by atoms with Gasteiger partial charge in [-0.25, -0.2) is 4.68 Å². The second-order valence-electron chi connectivity index (χ2n) is 5.36. The number of nitrogens with zero attached hydrogens (tertiary/aromatic N) is 2. The van der Waals surface area contributed by atoms with Gasteiger partial charge in [0.05, 0.1) is 6.20 Å². The van der Waals surface area contributed by atoms with E-state index in [1.807, 2.05) is 12.4 Å². The van der Waals surface area contributed by atoms with Crippen molar-refractivity contribution < 1.29 is 0 Å². The molecule has 2 rings (SSSR count). The van der Waals surface area contributed by atoms with Crippen molar-refractivity contribution >= 4 is 6.20 Å². The van der Waals surface area contributed by atoms with Crippen molar-refractivity contribution in [2.75, 3.05) is 0 Å². The fourth-order valence-corrected chi connectivity index (χ4v) is 2.77. The Hall–Kier alpha value is -1.87. The summed E-state index contributed by atoms with van der Waals surface area (Å²) < 4.78 is 1.74. The molecule has 0 saturated heterocycles. The van der Waals surface area contributed by atoms with Crippen LogP contribution in [-0.4, -0.2) is 9.78 Å². The van der Waals surface area contributed by atoms with Crippen LogP contribution in [0.15, 0.2) is 49.3 Å². The van der Waals surface area contributed by atoms with Crippen LogP contribution in [0.3, 0.4) is 0 Å². The molecule has 0 amide bonds. The van der Waals surface area contributed by atoms with Gasteiger partial charge >= 0.3 is 0 Å². The van der Waals surface area contributed by atoms with Crippen LogP contribution in [0.5, 0.6) is 0 Å². The molecule has 0 aliphatic rings. The summed E-state index contributed by atoms with van der Waals surface area (Å²) in [5.41, 5.74) is 2.55. The van der Waals surface area contributed by atoms with Crippen molar-refractivity contribution in [2.45, 2.75) is 39.3 Å². The summed E-state index contributed by atoms with van der Waals surface area (Å²) in [4.78, 5) is 0. The first-order valence-electron chi connectivity index (χ1n) is 7.72. The second-order valence-corrected chi connectivity index (χ2v) is 5.36. The maximum atomic E-state index is 4.23. The number of benzene rings is 1. The van der Waals surface area contributed by atoms with Crippen molar-refractivity contribution in [3.8, 4) is 0 Å². The molecule has 0 bridgehead atoms. The summed E-state index contributed by atoms with van der Waals surface area (Å²) in [6.45, 7) is 9.08. The van der Waals surface area contributed by atoms with Crippen molar-refractivity contribution in [1.82, 2.24) is 15.1 Å². The van der Waals surface area contributed by atoms with Gasteiger partial charge in [0, 0.05) is 30.5 Å². The molecule has 21 heavy (non-hydrogen) atoms. The average molecular weight is 283 g/mol. The van der Waals surface area contributed by atoms with Crippen LogP contribution in [0.1, 0.15) is 43.9 Å². The molecule has 0 saturated carbocycles. The Balaban J connectivity index is 2.10. The zero-order valence-electron chi connectivity index (χ0n) is 13.0. The number of rotatable bonds is 8. The molecule has 1 aromatic heterocycles. The lowest BCUT2D eigenvalue weighted by Crippen LogP contribution is -2.27. The molecule has 1 unspecified atom stereocenters. The fourth-order valence-electron chi connectivity index (χ4n) is 2.77. The van der Waals surface area contributed by atoms with E-state index < -0.39 is 0 Å². The SMILES string of the molecule is C=Cn1cc(CNC(c2ccccc2)C(CC)CC)cn1. The first-order chi connectivity index (χ1) is 10.3. The molecule has 112 valence electrons. The topological polar surface area (TPSA) is 29.9 Å². The highest BCUT2D eigenvalue weighted by molar-refractivity contribution is 5.21. The van der Waals surface area contributed by atoms with E-state index in [9.17, 15) is 0 Å². The van der Waals surface area contributed by atoms with Gasteiger partial charge in [-0.3, -0.25) is 0 Å². The summed E-state index contributed by atoms with van der Waals surface area (Å²) in [6, 6.07) is 11.1. The van der Waals surface area contributed by atoms with Crippen molar-refractivity contribution in [1.29, 1.82) is 0 Å². The van der Waals surface area contributed by atoms with Gasteiger partial charge in [0.25, 0.3) is 0 Å². The zero-order valence-corrected chi connectivity index (χ0v) is 13.0. The Morgan fingerprint density at radius 2 is 1.95 bits per heavy atom. The van der Waals surface area contributed by atoms with E-state index in [0.29, 0.717) is 12.0 Å². The molecular weight excluding hydrogens is 258 g/mol. The van der Waals surface area contributed by atoms with E-state index in [2.05, 4.69) is 61.2 Å². The van der Waals surface area contributed by atoms with Crippen LogP contribution in [-0.2, 0) is 6.54 Å². The summed E-state index contributed by atoms with van der Waals surface area (Å²) in [7, 11) is 0. The van der Waals surface area contributed by atoms with E-state index >= 15 is 0 Å².